The van der Waals surface area contributed by atoms with E-state index in [2.05, 4.69) is 4.98 Å². The average Bonchev–Trinajstić information content (AvgIpc) is 3.13. The Kier molecular flexibility index (Phi) is 16.7. The quantitative estimate of drug-likeness (QED) is 0.0864. The topological polar surface area (TPSA) is 230 Å². The number of nitrogens with zero attached hydrogens (tertiary/aromatic N) is 1. The number of pyridine rings is 1. The molecule has 15 nitrogen and oxygen atoms in total. The second-order valence-corrected chi connectivity index (χ2v) is 13.3. The summed E-state index contributed by atoms with van der Waals surface area (Å²) in [5.41, 5.74) is 4.03. The molecule has 15 heteroatoms. The summed E-state index contributed by atoms with van der Waals surface area (Å²) in [4.78, 5) is 4.60. The number of hydrogen-bond acceptors (Lipinski definition) is 15. The van der Waals surface area contributed by atoms with Crippen LogP contribution in [0.2, 0.25) is 0 Å². The normalized spacial score (nSPS) is 31.8. The highest BCUT2D eigenvalue weighted by atomic mass is 16.7. The van der Waals surface area contributed by atoms with Gasteiger partial charge >= 0.3 is 0 Å². The number of aliphatic hydroxyl groups is 8. The molecule has 2 saturated heterocycles. The van der Waals surface area contributed by atoms with Crippen molar-refractivity contribution in [3.05, 3.63) is 58.4 Å². The Bertz CT molecular complexity index is 1430. The van der Waals surface area contributed by atoms with Crippen LogP contribution in [-0.4, -0.2) is 141 Å². The molecule has 0 amide bonds. The first-order valence-electron chi connectivity index (χ1n) is 17.3. The number of allylic oxidation sites excluding steroid dienone is 6. The molecule has 52 heavy (non-hydrogen) atoms. The zero-order chi connectivity index (χ0) is 38.9. The molecule has 0 unspecified atom stereocenters. The van der Waals surface area contributed by atoms with Crippen molar-refractivity contribution in [2.24, 2.45) is 5.92 Å². The van der Waals surface area contributed by atoms with Crippen LogP contribution >= 0.6 is 0 Å². The van der Waals surface area contributed by atoms with Crippen LogP contribution in [0.1, 0.15) is 52.3 Å². The molecule has 2 aliphatic rings. The average molecular weight is 740 g/mol. The molecule has 0 saturated carbocycles. The largest absolute Gasteiger partial charge is 0.489 e. The molecule has 2 fully saturated rings. The van der Waals surface area contributed by atoms with E-state index in [4.69, 9.17) is 28.4 Å². The lowest BCUT2D eigenvalue weighted by molar-refractivity contribution is -0.310. The second kappa shape index (κ2) is 19.9. The Balaban J connectivity index is 1.73. The molecule has 8 N–H and O–H groups in total. The van der Waals surface area contributed by atoms with E-state index in [1.54, 1.807) is 6.92 Å². The van der Waals surface area contributed by atoms with Crippen molar-refractivity contribution >= 4 is 0 Å². The van der Waals surface area contributed by atoms with Crippen molar-refractivity contribution in [1.29, 1.82) is 0 Å². The first-order chi connectivity index (χ1) is 24.6. The van der Waals surface area contributed by atoms with Gasteiger partial charge in [-0.25, -0.2) is 4.98 Å². The van der Waals surface area contributed by atoms with Gasteiger partial charge in [0.05, 0.1) is 39.2 Å². The molecule has 0 spiro atoms. The van der Waals surface area contributed by atoms with Gasteiger partial charge in [-0.1, -0.05) is 48.5 Å². The van der Waals surface area contributed by atoms with Gasteiger partial charge in [-0.05, 0) is 46.6 Å². The Morgan fingerprint density at radius 2 is 1.40 bits per heavy atom. The van der Waals surface area contributed by atoms with E-state index in [0.29, 0.717) is 24.1 Å². The molecule has 0 aliphatic carbocycles. The highest BCUT2D eigenvalue weighted by Crippen LogP contribution is 2.41. The van der Waals surface area contributed by atoms with E-state index in [1.807, 2.05) is 65.0 Å². The summed E-state index contributed by atoms with van der Waals surface area (Å²) >= 11 is 0. The fraction of sp³-hybridized carbons (Fsp3) is 0.649. The predicted octanol–water partition coefficient (Wildman–Crippen LogP) is 0.755. The third kappa shape index (κ3) is 10.4. The van der Waals surface area contributed by atoms with Gasteiger partial charge in [0.2, 0.25) is 12.0 Å². The van der Waals surface area contributed by atoms with Crippen LogP contribution in [0.4, 0.5) is 0 Å². The van der Waals surface area contributed by atoms with Crippen molar-refractivity contribution in [1.82, 2.24) is 4.98 Å². The monoisotopic (exact) mass is 739 g/mol. The predicted molar refractivity (Wildman–Crippen MR) is 189 cm³/mol. The Morgan fingerprint density at radius 3 is 1.94 bits per heavy atom. The molecular formula is C37H57NO14. The lowest BCUT2D eigenvalue weighted by Crippen LogP contribution is -2.60. The molecule has 0 aromatic carbocycles. The number of ether oxygens (including phenoxy) is 6. The molecule has 3 heterocycles. The van der Waals surface area contributed by atoms with Crippen LogP contribution < -0.4 is 14.2 Å². The molecule has 294 valence electrons. The van der Waals surface area contributed by atoms with Crippen LogP contribution in [-0.2, 0) is 20.6 Å². The minimum atomic E-state index is -1.62. The molecule has 2 aliphatic heterocycles. The van der Waals surface area contributed by atoms with Crippen LogP contribution in [0.5, 0.6) is 17.4 Å². The minimum Gasteiger partial charge on any atom is -0.489 e. The van der Waals surface area contributed by atoms with Gasteiger partial charge in [-0.3, -0.25) is 0 Å². The van der Waals surface area contributed by atoms with Gasteiger partial charge in [0, 0.05) is 17.9 Å². The lowest BCUT2D eigenvalue weighted by atomic mass is 9.94. The maximum absolute atomic E-state index is 10.6. The van der Waals surface area contributed by atoms with E-state index in [1.165, 1.54) is 14.2 Å². The lowest BCUT2D eigenvalue weighted by Gasteiger charge is -2.41. The van der Waals surface area contributed by atoms with Gasteiger partial charge in [-0.2, -0.15) is 0 Å². The van der Waals surface area contributed by atoms with E-state index in [-0.39, 0.29) is 23.3 Å². The number of rotatable bonds is 16. The maximum Gasteiger partial charge on any atom is 0.261 e. The van der Waals surface area contributed by atoms with Gasteiger partial charge in [0.1, 0.15) is 48.8 Å². The van der Waals surface area contributed by atoms with E-state index >= 15 is 0 Å². The third-order valence-electron chi connectivity index (χ3n) is 9.39. The summed E-state index contributed by atoms with van der Waals surface area (Å²) < 4.78 is 34.2. The molecule has 1 aromatic heterocycles. The Hall–Kier alpha value is -2.93. The van der Waals surface area contributed by atoms with E-state index in [9.17, 15) is 40.9 Å². The van der Waals surface area contributed by atoms with Gasteiger partial charge in [0.15, 0.2) is 12.0 Å². The number of hydrogen-bond donors (Lipinski definition) is 8. The van der Waals surface area contributed by atoms with Crippen LogP contribution in [0.25, 0.3) is 0 Å². The van der Waals surface area contributed by atoms with Crippen molar-refractivity contribution in [2.75, 3.05) is 27.4 Å². The third-order valence-corrected chi connectivity index (χ3v) is 9.39. The molecule has 1 aromatic rings. The van der Waals surface area contributed by atoms with Gasteiger partial charge < -0.3 is 69.3 Å². The summed E-state index contributed by atoms with van der Waals surface area (Å²) in [6.07, 6.45) is -3.79. The van der Waals surface area contributed by atoms with E-state index < -0.39 is 80.7 Å². The van der Waals surface area contributed by atoms with Crippen LogP contribution in [0, 0.1) is 12.8 Å². The van der Waals surface area contributed by atoms with Crippen molar-refractivity contribution < 1.29 is 69.3 Å². The molecule has 3 rings (SSSR count). The second-order valence-electron chi connectivity index (χ2n) is 13.3. The fourth-order valence-corrected chi connectivity index (χ4v) is 6.07. The number of methoxy groups -OCH3 is 2. The SMILES string of the molecule is C/C=C(\C)[C@H](O[C@@H]1O[C@H](CO)[C@@H](O)[C@H](O)[C@H]1O)[C@H](C)/C=C(C)/C=C/C/C(C)=C/Cc1nc(OC)c(OC)c(O[C@H]2O[C@H](CO)[C@@H](O)[C@H](O)[C@H]2O)c1C. The van der Waals surface area contributed by atoms with Gasteiger partial charge in [0.25, 0.3) is 5.88 Å². The zero-order valence-electron chi connectivity index (χ0n) is 31.1. The van der Waals surface area contributed by atoms with Crippen molar-refractivity contribution in [3.8, 4) is 17.4 Å². The first-order valence-corrected chi connectivity index (χ1v) is 17.3. The van der Waals surface area contributed by atoms with Crippen molar-refractivity contribution in [3.63, 3.8) is 0 Å². The van der Waals surface area contributed by atoms with Crippen molar-refractivity contribution in [2.45, 2.75) is 122 Å². The minimum absolute atomic E-state index is 0.130. The number of aliphatic hydroxyl groups excluding tert-OH is 8. The standard InChI is InChI=1S/C37H57NO14/c1-9-20(4)32(51-36-30(45)28(43)26(41)24(16-39)49-36)21(5)15-19(3)12-10-11-18(2)13-14-23-22(6)33(34(47-7)35(38-23)48-8)52-37-31(46)29(44)27(42)25(17-40)50-37/h9-10,12-13,15,21,24-32,36-37,39-46H,11,14,16-17H2,1-8H3/b12-10+,18-13+,19-15+,20-9+/t21-,24-,25-,26-,27-,28+,29+,30-,31-,32+,36+,37-/m1/s1. The summed E-state index contributed by atoms with van der Waals surface area (Å²) in [5, 5.41) is 81.0. The highest BCUT2D eigenvalue weighted by Gasteiger charge is 2.46. The summed E-state index contributed by atoms with van der Waals surface area (Å²) in [5.74, 6) is 0.261. The summed E-state index contributed by atoms with van der Waals surface area (Å²) in [7, 11) is 2.83. The first kappa shape index (κ1) is 43.5. The summed E-state index contributed by atoms with van der Waals surface area (Å²) in [6.45, 7) is 10.3. The highest BCUT2D eigenvalue weighted by molar-refractivity contribution is 5.54. The Morgan fingerprint density at radius 1 is 0.827 bits per heavy atom. The van der Waals surface area contributed by atoms with Crippen LogP contribution in [0.3, 0.4) is 0 Å². The fourth-order valence-electron chi connectivity index (χ4n) is 6.07. The Labute approximate surface area is 305 Å². The molecular weight excluding hydrogens is 682 g/mol. The van der Waals surface area contributed by atoms with Crippen LogP contribution in [0.15, 0.2) is 47.1 Å². The molecule has 0 radical (unpaired) electrons. The number of aromatic nitrogens is 1. The smallest absolute Gasteiger partial charge is 0.261 e. The molecule has 12 atom stereocenters. The zero-order valence-corrected chi connectivity index (χ0v) is 31.1. The molecule has 0 bridgehead atoms. The van der Waals surface area contributed by atoms with E-state index in [0.717, 1.165) is 16.7 Å². The summed E-state index contributed by atoms with van der Waals surface area (Å²) in [6, 6.07) is 0. The van der Waals surface area contributed by atoms with Gasteiger partial charge in [-0.15, -0.1) is 0 Å². The maximum atomic E-state index is 10.6.